The van der Waals surface area contributed by atoms with Crippen LogP contribution in [0, 0.1) is 36.9 Å². The topological polar surface area (TPSA) is 208 Å². The summed E-state index contributed by atoms with van der Waals surface area (Å²) in [6, 6.07) is 0. The maximum absolute atomic E-state index is 8.57. The van der Waals surface area contributed by atoms with Gasteiger partial charge in [-0.1, -0.05) is 0 Å². The van der Waals surface area contributed by atoms with Crippen molar-refractivity contribution in [2.24, 2.45) is 0 Å². The quantitative estimate of drug-likeness (QED) is 0.220. The van der Waals surface area contributed by atoms with Crippen molar-refractivity contribution in [2.75, 3.05) is 0 Å². The SMILES string of the molecule is [Lu+3].[O-][I+2]([O-])[O-].[O-][I+2]([O-])[O-].[O-][I+2]([O-])[O-]. The summed E-state index contributed by atoms with van der Waals surface area (Å²) in [4.78, 5) is 0. The van der Waals surface area contributed by atoms with Crippen LogP contribution in [-0.2, 0) is 0 Å². The fourth-order valence-corrected chi connectivity index (χ4v) is 0. The molecule has 0 saturated heterocycles. The van der Waals surface area contributed by atoms with E-state index in [2.05, 4.69) is 0 Å². The predicted octanol–water partition coefficient (Wildman–Crippen LogP) is -19.7. The molecule has 0 rings (SSSR count). The molecule has 0 saturated carbocycles. The Bertz CT molecular complexity index is 43.4. The van der Waals surface area contributed by atoms with E-state index in [1.54, 1.807) is 0 Å². The largest absolute Gasteiger partial charge is 3.00 e. The summed E-state index contributed by atoms with van der Waals surface area (Å²) in [7, 11) is 0. The van der Waals surface area contributed by atoms with E-state index < -0.39 is 63.2 Å². The van der Waals surface area contributed by atoms with Crippen LogP contribution in [0.3, 0.4) is 0 Å². The first kappa shape index (κ1) is 25.0. The van der Waals surface area contributed by atoms with E-state index in [9.17, 15) is 0 Å². The van der Waals surface area contributed by atoms with Gasteiger partial charge in [0, 0.05) is 0 Å². The van der Waals surface area contributed by atoms with Crippen molar-refractivity contribution in [3.05, 3.63) is 0 Å². The molecule has 0 aliphatic heterocycles. The Hall–Kier alpha value is 3.06. The van der Waals surface area contributed by atoms with Crippen LogP contribution in [0.4, 0.5) is 0 Å². The molecule has 0 N–H and O–H groups in total. The van der Waals surface area contributed by atoms with Gasteiger partial charge in [0.1, 0.15) is 0 Å². The molecule has 9 nitrogen and oxygen atoms in total. The van der Waals surface area contributed by atoms with Crippen LogP contribution in [0.25, 0.3) is 0 Å². The maximum atomic E-state index is 8.57. The van der Waals surface area contributed by atoms with Crippen LogP contribution in [-0.4, -0.2) is 0 Å². The normalized spacial score (nSPS) is 8.31. The molecule has 0 aliphatic carbocycles. The third-order valence-electron chi connectivity index (χ3n) is 0. The van der Waals surface area contributed by atoms with Crippen molar-refractivity contribution in [2.45, 2.75) is 0 Å². The van der Waals surface area contributed by atoms with Gasteiger partial charge in [0.2, 0.25) is 0 Å². The van der Waals surface area contributed by atoms with Crippen molar-refractivity contribution < 1.29 is 131 Å². The zero-order valence-electron chi connectivity index (χ0n) is 5.07. The molecule has 0 amide bonds. The average Bonchev–Trinajstić information content (AvgIpc) is 1.54. The Balaban J connectivity index is -0.0000000450. The van der Waals surface area contributed by atoms with Gasteiger partial charge in [0.15, 0.2) is 0 Å². The number of rotatable bonds is 0. The van der Waals surface area contributed by atoms with Gasteiger partial charge in [-0.15, -0.1) is 0 Å². The van der Waals surface area contributed by atoms with Gasteiger partial charge in [-0.3, -0.25) is 0 Å². The molecule has 0 radical (unpaired) electrons. The fourth-order valence-electron chi connectivity index (χ4n) is 0. The standard InChI is InChI=1S/3IO3.Lu/c3*2-1(3)4;/q3*-1;+3. The number of halogens is 3. The van der Waals surface area contributed by atoms with Gasteiger partial charge in [0.05, 0.1) is 0 Å². The first-order valence-electron chi connectivity index (χ1n) is 1.39. The maximum Gasteiger partial charge on any atom is 3.00 e. The Morgan fingerprint density at radius 3 is 0.385 bits per heavy atom. The second-order valence-electron chi connectivity index (χ2n) is 0.567. The molecule has 13 heteroatoms. The van der Waals surface area contributed by atoms with Crippen LogP contribution in [0.15, 0.2) is 0 Å². The summed E-state index contributed by atoms with van der Waals surface area (Å²) in [6.07, 6.45) is 0. The monoisotopic (exact) mass is 700 g/mol. The van der Waals surface area contributed by atoms with Crippen LogP contribution < -0.4 is 94.1 Å². The summed E-state index contributed by atoms with van der Waals surface area (Å²) in [5.41, 5.74) is 0. The summed E-state index contributed by atoms with van der Waals surface area (Å²) < 4.78 is 77.2. The zero-order valence-corrected chi connectivity index (χ0v) is 13.2. The van der Waals surface area contributed by atoms with Crippen molar-refractivity contribution in [3.8, 4) is 0 Å². The van der Waals surface area contributed by atoms with E-state index in [4.69, 9.17) is 30.9 Å². The Morgan fingerprint density at radius 1 is 0.385 bits per heavy atom. The van der Waals surface area contributed by atoms with Crippen LogP contribution in [0.5, 0.6) is 0 Å². The molecule has 0 heterocycles. The summed E-state index contributed by atoms with van der Waals surface area (Å²) in [5, 5.41) is 0. The molecule has 0 unspecified atom stereocenters. The fraction of sp³-hybridized carbons (Fsp3) is 0. The number of hydrogen-bond donors (Lipinski definition) is 0. The second kappa shape index (κ2) is 20.5. The van der Waals surface area contributed by atoms with Gasteiger partial charge in [-0.05, 0) is 0 Å². The van der Waals surface area contributed by atoms with Crippen LogP contribution in [0.2, 0.25) is 0 Å². The zero-order chi connectivity index (χ0) is 10.7. The van der Waals surface area contributed by atoms with Crippen molar-refractivity contribution >= 4 is 0 Å². The van der Waals surface area contributed by atoms with Crippen molar-refractivity contribution in [1.82, 2.24) is 0 Å². The molecule has 0 fully saturated rings. The van der Waals surface area contributed by atoms with Crippen molar-refractivity contribution in [3.63, 3.8) is 0 Å². The van der Waals surface area contributed by atoms with E-state index in [0.717, 1.165) is 0 Å². The summed E-state index contributed by atoms with van der Waals surface area (Å²) >= 11 is -12.0. The molecule has 13 heavy (non-hydrogen) atoms. The minimum atomic E-state index is -4.01. The molecular formula is I3LuO9. The molecule has 0 aliphatic rings. The van der Waals surface area contributed by atoms with E-state index >= 15 is 0 Å². The minimum absolute atomic E-state index is 0. The third kappa shape index (κ3) is 274. The van der Waals surface area contributed by atoms with Crippen LogP contribution >= 0.6 is 0 Å². The van der Waals surface area contributed by atoms with Crippen LogP contribution in [0.1, 0.15) is 0 Å². The summed E-state index contributed by atoms with van der Waals surface area (Å²) in [6.45, 7) is 0. The Morgan fingerprint density at radius 2 is 0.385 bits per heavy atom. The van der Waals surface area contributed by atoms with E-state index in [0.29, 0.717) is 0 Å². The Kier molecular flexibility index (Phi) is 39.4. The predicted molar refractivity (Wildman–Crippen MR) is 0 cm³/mol. The third-order valence-corrected chi connectivity index (χ3v) is 0. The molecule has 0 aromatic carbocycles. The van der Waals surface area contributed by atoms with Gasteiger partial charge in [0.25, 0.3) is 63.2 Å². The van der Waals surface area contributed by atoms with E-state index in [1.807, 2.05) is 0 Å². The number of hydrogen-bond acceptors (Lipinski definition) is 9. The first-order valence-corrected chi connectivity index (χ1v) is 9.32. The molecule has 0 bridgehead atoms. The smallest absolute Gasteiger partial charge is 0.427 e. The minimum Gasteiger partial charge on any atom is -0.427 e. The molecule has 90 valence electrons. The molecule has 0 atom stereocenters. The molecule has 0 aromatic rings. The molecule has 0 spiro atoms. The van der Waals surface area contributed by atoms with Gasteiger partial charge >= 0.3 is 36.9 Å². The second-order valence-corrected chi connectivity index (χ2v) is 3.80. The van der Waals surface area contributed by atoms with Gasteiger partial charge < -0.3 is 30.9 Å². The van der Waals surface area contributed by atoms with E-state index in [1.165, 1.54) is 0 Å². The van der Waals surface area contributed by atoms with E-state index in [-0.39, 0.29) is 36.9 Å². The Labute approximate surface area is 128 Å². The van der Waals surface area contributed by atoms with Crippen molar-refractivity contribution in [1.29, 1.82) is 0 Å². The first-order chi connectivity index (χ1) is 5.20. The summed E-state index contributed by atoms with van der Waals surface area (Å²) in [5.74, 6) is 0. The average molecular weight is 700 g/mol. The molecule has 0 aromatic heterocycles. The van der Waals surface area contributed by atoms with Gasteiger partial charge in [-0.2, -0.15) is 0 Å². The molecular weight excluding hydrogens is 700 g/mol. The van der Waals surface area contributed by atoms with Gasteiger partial charge in [-0.25, -0.2) is 0 Å².